The van der Waals surface area contributed by atoms with Crippen LogP contribution in [0.1, 0.15) is 5.56 Å². The number of rotatable bonds is 3. The molecule has 1 aromatic carbocycles. The van der Waals surface area contributed by atoms with Crippen molar-refractivity contribution in [3.8, 4) is 0 Å². The Balaban J connectivity index is 2.15. The molecule has 1 amide bonds. The van der Waals surface area contributed by atoms with Crippen LogP contribution < -0.4 is 22.2 Å². The van der Waals surface area contributed by atoms with Gasteiger partial charge in [-0.1, -0.05) is 0 Å². The van der Waals surface area contributed by atoms with Crippen molar-refractivity contribution in [2.45, 2.75) is 13.5 Å². The zero-order valence-electron chi connectivity index (χ0n) is 10.8. The predicted molar refractivity (Wildman–Crippen MR) is 75.5 cm³/mol. The largest absolute Gasteiger partial charge is 0.399 e. The van der Waals surface area contributed by atoms with Crippen molar-refractivity contribution < 1.29 is 4.79 Å². The topological polar surface area (TPSA) is 110 Å². The molecule has 7 heteroatoms. The maximum atomic E-state index is 11.9. The zero-order valence-corrected chi connectivity index (χ0v) is 10.8. The van der Waals surface area contributed by atoms with Crippen molar-refractivity contribution in [2.75, 3.05) is 11.1 Å². The highest BCUT2D eigenvalue weighted by Crippen LogP contribution is 2.17. The number of nitrogen functional groups attached to an aromatic ring is 1. The Morgan fingerprint density at radius 1 is 1.30 bits per heavy atom. The predicted octanol–water partition coefficient (Wildman–Crippen LogP) is 0.0659. The molecule has 0 saturated heterocycles. The molecule has 0 atom stereocenters. The van der Waals surface area contributed by atoms with Crippen LogP contribution in [-0.4, -0.2) is 15.7 Å². The molecule has 104 valence electrons. The quantitative estimate of drug-likeness (QED) is 0.688. The number of amides is 1. The number of nitrogens with one attached hydrogen (secondary N) is 2. The van der Waals surface area contributed by atoms with Gasteiger partial charge in [0.05, 0.1) is 0 Å². The summed E-state index contributed by atoms with van der Waals surface area (Å²) in [7, 11) is 0. The Morgan fingerprint density at radius 2 is 2.05 bits per heavy atom. The molecule has 0 aliphatic carbocycles. The minimum atomic E-state index is -0.450. The molecule has 0 spiro atoms. The molecule has 0 aliphatic rings. The van der Waals surface area contributed by atoms with E-state index in [-0.39, 0.29) is 6.54 Å². The lowest BCUT2D eigenvalue weighted by Gasteiger charge is -2.09. The van der Waals surface area contributed by atoms with E-state index in [2.05, 4.69) is 10.4 Å². The second-order valence-electron chi connectivity index (χ2n) is 4.36. The van der Waals surface area contributed by atoms with Gasteiger partial charge in [0.15, 0.2) is 0 Å². The lowest BCUT2D eigenvalue weighted by molar-refractivity contribution is -0.117. The molecule has 0 bridgehead atoms. The van der Waals surface area contributed by atoms with Gasteiger partial charge in [0, 0.05) is 23.5 Å². The second-order valence-corrected chi connectivity index (χ2v) is 4.36. The van der Waals surface area contributed by atoms with Crippen LogP contribution in [-0.2, 0) is 11.3 Å². The van der Waals surface area contributed by atoms with Crippen LogP contribution in [0.3, 0.4) is 0 Å². The molecule has 0 saturated carbocycles. The van der Waals surface area contributed by atoms with Gasteiger partial charge in [-0.3, -0.25) is 19.5 Å². The number of hydrogen-bond acceptors (Lipinski definition) is 4. The van der Waals surface area contributed by atoms with E-state index in [4.69, 9.17) is 5.73 Å². The summed E-state index contributed by atoms with van der Waals surface area (Å²) in [6.07, 6.45) is 0. The van der Waals surface area contributed by atoms with E-state index >= 15 is 0 Å². The van der Waals surface area contributed by atoms with Crippen molar-refractivity contribution in [2.24, 2.45) is 0 Å². The number of aromatic nitrogens is 2. The molecule has 4 N–H and O–H groups in total. The molecule has 1 heterocycles. The summed E-state index contributed by atoms with van der Waals surface area (Å²) in [5, 5.41) is 4.94. The number of aromatic amines is 1. The van der Waals surface area contributed by atoms with Crippen molar-refractivity contribution in [1.29, 1.82) is 0 Å². The average molecular weight is 274 g/mol. The number of aryl methyl sites for hydroxylation is 1. The smallest absolute Gasteiger partial charge is 0.265 e. The Hall–Kier alpha value is -2.83. The van der Waals surface area contributed by atoms with E-state index in [1.54, 1.807) is 18.2 Å². The van der Waals surface area contributed by atoms with E-state index in [0.29, 0.717) is 11.4 Å². The lowest BCUT2D eigenvalue weighted by Crippen LogP contribution is -2.32. The van der Waals surface area contributed by atoms with Gasteiger partial charge in [0.2, 0.25) is 5.91 Å². The molecule has 1 aromatic heterocycles. The average Bonchev–Trinajstić information content (AvgIpc) is 2.37. The number of carbonyl (C=O) groups excluding carboxylic acids is 1. The molecular formula is C13H14N4O3. The molecule has 0 aliphatic heterocycles. The fourth-order valence-electron chi connectivity index (χ4n) is 1.74. The summed E-state index contributed by atoms with van der Waals surface area (Å²) >= 11 is 0. The minimum Gasteiger partial charge on any atom is -0.399 e. The van der Waals surface area contributed by atoms with Crippen LogP contribution in [0.25, 0.3) is 0 Å². The second kappa shape index (κ2) is 5.43. The molecule has 7 nitrogen and oxygen atoms in total. The van der Waals surface area contributed by atoms with Gasteiger partial charge in [0.25, 0.3) is 11.1 Å². The highest BCUT2D eigenvalue weighted by atomic mass is 16.2. The summed E-state index contributed by atoms with van der Waals surface area (Å²) in [5.74, 6) is -0.415. The maximum Gasteiger partial charge on any atom is 0.265 e. The molecule has 0 fully saturated rings. The molecule has 2 rings (SSSR count). The third-order valence-corrected chi connectivity index (χ3v) is 2.71. The number of anilines is 2. The van der Waals surface area contributed by atoms with E-state index in [0.717, 1.165) is 22.4 Å². The van der Waals surface area contributed by atoms with Crippen LogP contribution in [0.4, 0.5) is 11.4 Å². The lowest BCUT2D eigenvalue weighted by atomic mass is 10.2. The number of nitrogens with zero attached hydrogens (tertiary/aromatic N) is 1. The summed E-state index contributed by atoms with van der Waals surface area (Å²) in [5.41, 5.74) is 6.75. The number of hydrogen-bond donors (Lipinski definition) is 3. The Kier molecular flexibility index (Phi) is 3.69. The Labute approximate surface area is 114 Å². The first-order valence-electron chi connectivity index (χ1n) is 5.92. The number of benzene rings is 1. The summed E-state index contributed by atoms with van der Waals surface area (Å²) < 4.78 is 0.949. The van der Waals surface area contributed by atoms with Crippen molar-refractivity contribution >= 4 is 17.3 Å². The number of nitrogens with two attached hydrogens (primary N) is 1. The fraction of sp³-hybridized carbons (Fsp3) is 0.154. The van der Waals surface area contributed by atoms with Crippen LogP contribution in [0, 0.1) is 6.92 Å². The van der Waals surface area contributed by atoms with E-state index in [9.17, 15) is 14.4 Å². The SMILES string of the molecule is Cc1cc(N)ccc1NC(=O)Cn1[nH]c(=O)ccc1=O. The van der Waals surface area contributed by atoms with Gasteiger partial charge in [-0.25, -0.2) is 4.68 Å². The van der Waals surface area contributed by atoms with E-state index < -0.39 is 17.0 Å². The molecule has 0 unspecified atom stereocenters. The van der Waals surface area contributed by atoms with Gasteiger partial charge >= 0.3 is 0 Å². The highest BCUT2D eigenvalue weighted by Gasteiger charge is 2.07. The zero-order chi connectivity index (χ0) is 14.7. The van der Waals surface area contributed by atoms with Crippen LogP contribution in [0.5, 0.6) is 0 Å². The number of H-pyrrole nitrogens is 1. The first-order chi connectivity index (χ1) is 9.45. The summed E-state index contributed by atoms with van der Waals surface area (Å²) in [6.45, 7) is 1.54. The molecule has 20 heavy (non-hydrogen) atoms. The monoisotopic (exact) mass is 274 g/mol. The first-order valence-corrected chi connectivity index (χ1v) is 5.92. The Bertz CT molecular complexity index is 761. The standard InChI is InChI=1S/C13H14N4O3/c1-8-6-9(14)2-3-10(8)15-12(19)7-17-13(20)5-4-11(18)16-17/h2-6H,7,14H2,1H3,(H,15,19)(H,16,18). The van der Waals surface area contributed by atoms with Crippen molar-refractivity contribution in [3.63, 3.8) is 0 Å². The van der Waals surface area contributed by atoms with Crippen LogP contribution >= 0.6 is 0 Å². The van der Waals surface area contributed by atoms with Crippen LogP contribution in [0.2, 0.25) is 0 Å². The molecule has 0 radical (unpaired) electrons. The van der Waals surface area contributed by atoms with Crippen molar-refractivity contribution in [3.05, 3.63) is 56.6 Å². The highest BCUT2D eigenvalue weighted by molar-refractivity contribution is 5.91. The third-order valence-electron chi connectivity index (χ3n) is 2.71. The van der Waals surface area contributed by atoms with E-state index in [1.165, 1.54) is 0 Å². The van der Waals surface area contributed by atoms with Gasteiger partial charge in [0.1, 0.15) is 6.54 Å². The summed E-state index contributed by atoms with van der Waals surface area (Å²) in [4.78, 5) is 34.4. The fourth-order valence-corrected chi connectivity index (χ4v) is 1.74. The number of carbonyl (C=O) groups is 1. The molecule has 2 aromatic rings. The van der Waals surface area contributed by atoms with Crippen LogP contribution in [0.15, 0.2) is 39.9 Å². The van der Waals surface area contributed by atoms with Gasteiger partial charge < -0.3 is 11.1 Å². The molecular weight excluding hydrogens is 260 g/mol. The normalized spacial score (nSPS) is 10.2. The third kappa shape index (κ3) is 3.14. The van der Waals surface area contributed by atoms with Crippen molar-refractivity contribution in [1.82, 2.24) is 9.78 Å². The maximum absolute atomic E-state index is 11.9. The first kappa shape index (κ1) is 13.6. The van der Waals surface area contributed by atoms with Gasteiger partial charge in [-0.05, 0) is 30.7 Å². The van der Waals surface area contributed by atoms with E-state index in [1.807, 2.05) is 6.92 Å². The Morgan fingerprint density at radius 3 is 2.75 bits per heavy atom. The van der Waals surface area contributed by atoms with Gasteiger partial charge in [-0.15, -0.1) is 0 Å². The van der Waals surface area contributed by atoms with Gasteiger partial charge in [-0.2, -0.15) is 0 Å². The summed E-state index contributed by atoms with van der Waals surface area (Å²) in [6, 6.07) is 7.30. The minimum absolute atomic E-state index is 0.265.